The Morgan fingerprint density at radius 3 is 2.42 bits per heavy atom. The number of benzene rings is 2. The molecule has 1 aliphatic rings. The molecule has 1 saturated heterocycles. The number of aromatic hydroxyl groups is 1. The summed E-state index contributed by atoms with van der Waals surface area (Å²) in [6.45, 7) is 11.5. The average molecular weight is 592 g/mol. The number of hydrogen-bond acceptors (Lipinski definition) is 5. The maximum absolute atomic E-state index is 12.8. The molecule has 228 valence electrons. The molecule has 9 heteroatoms. The number of H-pyrrole nitrogens is 1. The van der Waals surface area contributed by atoms with Gasteiger partial charge in [-0.2, -0.15) is 13.2 Å². The van der Waals surface area contributed by atoms with E-state index in [1.807, 2.05) is 30.9 Å². The van der Waals surface area contributed by atoms with E-state index in [2.05, 4.69) is 58.9 Å². The zero-order chi connectivity index (χ0) is 31.3. The van der Waals surface area contributed by atoms with E-state index in [0.29, 0.717) is 25.0 Å². The molecule has 2 aromatic heterocycles. The maximum atomic E-state index is 12.8. The largest absolute Gasteiger partial charge is 0.505 e. The second-order valence-corrected chi connectivity index (χ2v) is 10.9. The predicted octanol–water partition coefficient (Wildman–Crippen LogP) is 8.26. The predicted molar refractivity (Wildman–Crippen MR) is 169 cm³/mol. The molecule has 4 aromatic rings. The van der Waals surface area contributed by atoms with Crippen LogP contribution in [-0.4, -0.2) is 45.9 Å². The number of piperidine rings is 1. The van der Waals surface area contributed by atoms with Crippen LogP contribution in [0.5, 0.6) is 5.75 Å². The number of aryl methyl sites for hydroxylation is 3. The Balaban J connectivity index is 0.000000296. The number of aliphatic imine (C=N–C) groups is 1. The van der Waals surface area contributed by atoms with E-state index >= 15 is 0 Å². The molecule has 3 heterocycles. The summed E-state index contributed by atoms with van der Waals surface area (Å²) in [5.41, 5.74) is 8.95. The van der Waals surface area contributed by atoms with Crippen molar-refractivity contribution in [2.75, 3.05) is 25.0 Å². The molecule has 0 aliphatic carbocycles. The van der Waals surface area contributed by atoms with E-state index in [9.17, 15) is 18.3 Å². The van der Waals surface area contributed by atoms with Crippen LogP contribution in [0.3, 0.4) is 0 Å². The fraction of sp³-hybridized carbons (Fsp3) is 0.382. The number of hydrogen-bond donors (Lipinski definition) is 2. The van der Waals surface area contributed by atoms with Gasteiger partial charge in [0.2, 0.25) is 5.95 Å². The maximum Gasteiger partial charge on any atom is 0.419 e. The van der Waals surface area contributed by atoms with Crippen LogP contribution >= 0.6 is 0 Å². The van der Waals surface area contributed by atoms with E-state index in [-0.39, 0.29) is 11.7 Å². The van der Waals surface area contributed by atoms with Crippen LogP contribution in [0.4, 0.5) is 19.1 Å². The van der Waals surface area contributed by atoms with Gasteiger partial charge in [-0.25, -0.2) is 9.97 Å². The summed E-state index contributed by atoms with van der Waals surface area (Å²) in [5, 5.41) is 11.3. The Hall–Kier alpha value is -4.14. The van der Waals surface area contributed by atoms with Gasteiger partial charge in [-0.1, -0.05) is 38.5 Å². The molecule has 0 atom stereocenters. The average Bonchev–Trinajstić information content (AvgIpc) is 3.50. The van der Waals surface area contributed by atoms with Gasteiger partial charge in [0.25, 0.3) is 0 Å². The monoisotopic (exact) mass is 591 g/mol. The highest BCUT2D eigenvalue weighted by atomic mass is 19.4. The van der Waals surface area contributed by atoms with Crippen LogP contribution in [0.1, 0.15) is 67.0 Å². The molecule has 0 saturated carbocycles. The third-order valence-electron chi connectivity index (χ3n) is 8.16. The van der Waals surface area contributed by atoms with Crippen LogP contribution in [0.2, 0.25) is 0 Å². The number of rotatable bonds is 5. The molecular formula is C34H40F3N5O. The minimum absolute atomic E-state index is 0.217. The molecule has 5 rings (SSSR count). The lowest BCUT2D eigenvalue weighted by atomic mass is 9.91. The van der Waals surface area contributed by atoms with Gasteiger partial charge in [0.05, 0.1) is 11.1 Å². The lowest BCUT2D eigenvalue weighted by Gasteiger charge is -2.31. The number of nitrogens with one attached hydrogen (secondary N) is 1. The molecule has 0 unspecified atom stereocenters. The van der Waals surface area contributed by atoms with Gasteiger partial charge in [0.15, 0.2) is 0 Å². The highest BCUT2D eigenvalue weighted by Gasteiger charge is 2.32. The number of alkyl halides is 3. The van der Waals surface area contributed by atoms with Gasteiger partial charge in [-0.15, -0.1) is 0 Å². The van der Waals surface area contributed by atoms with Crippen molar-refractivity contribution >= 4 is 28.1 Å². The molecular weight excluding hydrogens is 551 g/mol. The Kier molecular flexibility index (Phi) is 9.94. The van der Waals surface area contributed by atoms with Crippen LogP contribution in [0, 0.1) is 13.8 Å². The van der Waals surface area contributed by atoms with Gasteiger partial charge in [0.1, 0.15) is 5.75 Å². The summed E-state index contributed by atoms with van der Waals surface area (Å²) >= 11 is 0. The molecule has 1 fully saturated rings. The molecule has 43 heavy (non-hydrogen) atoms. The lowest BCUT2D eigenvalue weighted by Crippen LogP contribution is -2.37. The summed E-state index contributed by atoms with van der Waals surface area (Å²) in [6.07, 6.45) is 3.19. The Morgan fingerprint density at radius 1 is 1.09 bits per heavy atom. The minimum atomic E-state index is -4.47. The van der Waals surface area contributed by atoms with Crippen LogP contribution in [0.25, 0.3) is 16.5 Å². The highest BCUT2D eigenvalue weighted by Crippen LogP contribution is 2.36. The van der Waals surface area contributed by atoms with Crippen molar-refractivity contribution in [3.63, 3.8) is 0 Å². The summed E-state index contributed by atoms with van der Waals surface area (Å²) in [6, 6.07) is 10.5. The summed E-state index contributed by atoms with van der Waals surface area (Å²) in [4.78, 5) is 17.3. The summed E-state index contributed by atoms with van der Waals surface area (Å²) in [5.74, 6) is 0.469. The van der Waals surface area contributed by atoms with Gasteiger partial charge >= 0.3 is 6.18 Å². The van der Waals surface area contributed by atoms with Crippen LogP contribution < -0.4 is 4.90 Å². The van der Waals surface area contributed by atoms with Crippen molar-refractivity contribution in [2.45, 2.75) is 66.5 Å². The summed E-state index contributed by atoms with van der Waals surface area (Å²) < 4.78 is 38.5. The van der Waals surface area contributed by atoms with Crippen molar-refractivity contribution in [3.05, 3.63) is 87.9 Å². The number of aromatic nitrogens is 3. The first-order valence-corrected chi connectivity index (χ1v) is 14.7. The Labute approximate surface area is 251 Å². The second-order valence-electron chi connectivity index (χ2n) is 10.9. The van der Waals surface area contributed by atoms with E-state index in [1.54, 1.807) is 13.2 Å². The first kappa shape index (κ1) is 31.8. The van der Waals surface area contributed by atoms with Gasteiger partial charge in [-0.3, -0.25) is 4.99 Å². The molecule has 0 amide bonds. The first-order valence-electron chi connectivity index (χ1n) is 14.7. The number of fused-ring (bicyclic) bond motifs is 1. The number of allylic oxidation sites excluding steroid dienone is 1. The fourth-order valence-electron chi connectivity index (χ4n) is 5.62. The van der Waals surface area contributed by atoms with E-state index < -0.39 is 11.7 Å². The number of nitrogens with zero attached hydrogens (tertiary/aromatic N) is 4. The smallest absolute Gasteiger partial charge is 0.419 e. The Morgan fingerprint density at radius 2 is 1.79 bits per heavy atom. The van der Waals surface area contributed by atoms with E-state index in [0.717, 1.165) is 52.2 Å². The molecule has 1 aliphatic heterocycles. The van der Waals surface area contributed by atoms with Crippen LogP contribution in [-0.2, 0) is 19.0 Å². The van der Waals surface area contributed by atoms with E-state index in [1.165, 1.54) is 29.5 Å². The SMILES string of the molecule is CCCc1cccc(CC)c1C.CN=C1CCN(c2ncc(C(F)(F)F)cn2)C/C1=C(/C)c1cc(C)c(O)c2[nH]ccc12. The molecule has 0 spiro atoms. The third-order valence-corrected chi connectivity index (χ3v) is 8.16. The molecule has 0 bridgehead atoms. The third kappa shape index (κ3) is 6.92. The van der Waals surface area contributed by atoms with Crippen molar-refractivity contribution in [2.24, 2.45) is 4.99 Å². The number of phenols is 1. The topological polar surface area (TPSA) is 77.4 Å². The number of aromatic amines is 1. The number of halogens is 3. The van der Waals surface area contributed by atoms with Gasteiger partial charge in [0, 0.05) is 56.2 Å². The van der Waals surface area contributed by atoms with Crippen molar-refractivity contribution in [3.8, 4) is 5.75 Å². The van der Waals surface area contributed by atoms with Gasteiger partial charge in [-0.05, 0) is 84.7 Å². The standard InChI is InChI=1S/C22H22F3N5O.C12H18/c1-12-8-16(15-4-6-27-19(15)20(12)31)13(2)17-11-30(7-5-18(17)26-3)21-28-9-14(10-29-21)22(23,24)25;1-4-7-12-9-6-8-11(5-2)10(12)3/h4,6,8-10,27,31H,5,7,11H2,1-3H3;6,8-9H,4-5,7H2,1-3H3/b17-13+,26-18?;. The molecule has 2 N–H and O–H groups in total. The minimum Gasteiger partial charge on any atom is -0.505 e. The van der Waals surface area contributed by atoms with Crippen LogP contribution in [0.15, 0.2) is 59.5 Å². The molecule has 6 nitrogen and oxygen atoms in total. The fourth-order valence-corrected chi connectivity index (χ4v) is 5.62. The van der Waals surface area contributed by atoms with Crippen molar-refractivity contribution in [1.82, 2.24) is 15.0 Å². The van der Waals surface area contributed by atoms with Crippen molar-refractivity contribution < 1.29 is 18.3 Å². The highest BCUT2D eigenvalue weighted by molar-refractivity contribution is 6.10. The zero-order valence-corrected chi connectivity index (χ0v) is 25.7. The number of anilines is 1. The zero-order valence-electron chi connectivity index (χ0n) is 25.7. The molecule has 2 aromatic carbocycles. The van der Waals surface area contributed by atoms with Crippen molar-refractivity contribution in [1.29, 1.82) is 0 Å². The Bertz CT molecular complexity index is 1630. The van der Waals surface area contributed by atoms with Gasteiger partial charge < -0.3 is 15.0 Å². The lowest BCUT2D eigenvalue weighted by molar-refractivity contribution is -0.138. The first-order chi connectivity index (χ1) is 20.5. The summed E-state index contributed by atoms with van der Waals surface area (Å²) in [7, 11) is 1.74. The normalized spacial score (nSPS) is 15.9. The second kappa shape index (κ2) is 13.4. The number of phenolic OH excluding ortho intramolecular Hbond substituents is 1. The van der Waals surface area contributed by atoms with E-state index in [4.69, 9.17) is 0 Å². The quantitative estimate of drug-likeness (QED) is 0.245. The molecule has 0 radical (unpaired) electrons.